The van der Waals surface area contributed by atoms with Gasteiger partial charge in [0.2, 0.25) is 0 Å². The molecule has 2 rings (SSSR count). The third-order valence-electron chi connectivity index (χ3n) is 3.91. The van der Waals surface area contributed by atoms with Gasteiger partial charge in [-0.2, -0.15) is 0 Å². The number of aliphatic hydroxyl groups excluding tert-OH is 1. The van der Waals surface area contributed by atoms with E-state index < -0.39 is 0 Å². The molecule has 1 fully saturated rings. The molecule has 0 spiro atoms. The van der Waals surface area contributed by atoms with E-state index in [1.807, 2.05) is 0 Å². The normalized spacial score (nSPS) is 34.1. The molecule has 1 aliphatic carbocycles. The lowest BCUT2D eigenvalue weighted by Crippen LogP contribution is -2.27. The van der Waals surface area contributed by atoms with E-state index in [2.05, 4.69) is 53.8 Å². The van der Waals surface area contributed by atoms with Crippen LogP contribution in [0.3, 0.4) is 0 Å². The van der Waals surface area contributed by atoms with E-state index in [4.69, 9.17) is 5.73 Å². The Balaban J connectivity index is 2.30. The summed E-state index contributed by atoms with van der Waals surface area (Å²) < 4.78 is 1.24. The number of nitrogens with two attached hydrogens (primary N) is 1. The molecule has 0 heterocycles. The van der Waals surface area contributed by atoms with Gasteiger partial charge in [0.1, 0.15) is 0 Å². The van der Waals surface area contributed by atoms with Crippen LogP contribution >= 0.6 is 22.6 Å². The number of rotatable bonds is 3. The number of halogens is 1. The highest BCUT2D eigenvalue weighted by Crippen LogP contribution is 2.63. The molecule has 1 saturated carbocycles. The zero-order chi connectivity index (χ0) is 11.1. The molecular formula is C12H16INO. The quantitative estimate of drug-likeness (QED) is 0.837. The Morgan fingerprint density at radius 1 is 1.40 bits per heavy atom. The van der Waals surface area contributed by atoms with Gasteiger partial charge in [-0.25, -0.2) is 0 Å². The summed E-state index contributed by atoms with van der Waals surface area (Å²) in [6.07, 6.45) is 0.994. The first kappa shape index (κ1) is 11.4. The predicted octanol–water partition coefficient (Wildman–Crippen LogP) is 1.89. The van der Waals surface area contributed by atoms with Gasteiger partial charge in [-0.15, -0.1) is 0 Å². The highest BCUT2D eigenvalue weighted by molar-refractivity contribution is 14.1. The summed E-state index contributed by atoms with van der Waals surface area (Å²) >= 11 is 2.30. The van der Waals surface area contributed by atoms with Crippen LogP contribution in [-0.2, 0) is 5.41 Å². The van der Waals surface area contributed by atoms with E-state index in [0.29, 0.717) is 6.54 Å². The van der Waals surface area contributed by atoms with Crippen molar-refractivity contribution in [2.45, 2.75) is 18.8 Å². The fourth-order valence-corrected chi connectivity index (χ4v) is 2.81. The van der Waals surface area contributed by atoms with Crippen molar-refractivity contribution in [1.29, 1.82) is 0 Å². The molecule has 3 N–H and O–H groups in total. The van der Waals surface area contributed by atoms with Gasteiger partial charge in [-0.1, -0.05) is 19.1 Å². The van der Waals surface area contributed by atoms with Gasteiger partial charge in [0.25, 0.3) is 0 Å². The van der Waals surface area contributed by atoms with Crippen molar-refractivity contribution in [3.8, 4) is 0 Å². The molecule has 0 radical (unpaired) electrons. The van der Waals surface area contributed by atoms with Crippen molar-refractivity contribution >= 4 is 22.6 Å². The Labute approximate surface area is 104 Å². The Hall–Kier alpha value is -0.130. The Bertz CT molecular complexity index is 358. The SMILES string of the molecule is CC1(c2ccc(I)cc2)CC1(CN)CO. The first-order valence-corrected chi connectivity index (χ1v) is 6.23. The van der Waals surface area contributed by atoms with E-state index in [1.54, 1.807) is 0 Å². The van der Waals surface area contributed by atoms with Gasteiger partial charge in [-0.05, 0) is 46.7 Å². The Kier molecular flexibility index (Phi) is 2.81. The average Bonchev–Trinajstić information content (AvgIpc) is 2.87. The van der Waals surface area contributed by atoms with Crippen molar-refractivity contribution in [3.63, 3.8) is 0 Å². The maximum absolute atomic E-state index is 9.43. The standard InChI is InChI=1S/C12H16INO/c1-11(6-12(11,7-14)8-15)9-2-4-10(13)5-3-9/h2-5,15H,6-8,14H2,1H3. The third kappa shape index (κ3) is 1.61. The number of hydrogen-bond acceptors (Lipinski definition) is 2. The summed E-state index contributed by atoms with van der Waals surface area (Å²) in [6.45, 7) is 2.94. The fourth-order valence-electron chi connectivity index (χ4n) is 2.45. The summed E-state index contributed by atoms with van der Waals surface area (Å²) in [5, 5.41) is 9.43. The predicted molar refractivity (Wildman–Crippen MR) is 69.7 cm³/mol. The molecule has 0 bridgehead atoms. The lowest BCUT2D eigenvalue weighted by Gasteiger charge is -2.19. The number of aliphatic hydroxyl groups is 1. The molecule has 1 aromatic carbocycles. The maximum atomic E-state index is 9.43. The summed E-state index contributed by atoms with van der Waals surface area (Å²) in [7, 11) is 0. The van der Waals surface area contributed by atoms with Gasteiger partial charge in [0.05, 0.1) is 6.61 Å². The molecule has 0 amide bonds. The van der Waals surface area contributed by atoms with Crippen molar-refractivity contribution in [1.82, 2.24) is 0 Å². The van der Waals surface area contributed by atoms with Crippen LogP contribution in [0.2, 0.25) is 0 Å². The van der Waals surface area contributed by atoms with Crippen molar-refractivity contribution < 1.29 is 5.11 Å². The van der Waals surface area contributed by atoms with E-state index in [0.717, 1.165) is 6.42 Å². The van der Waals surface area contributed by atoms with Crippen LogP contribution in [-0.4, -0.2) is 18.3 Å². The molecule has 0 aromatic heterocycles. The highest BCUT2D eigenvalue weighted by atomic mass is 127. The Morgan fingerprint density at radius 3 is 2.40 bits per heavy atom. The van der Waals surface area contributed by atoms with E-state index in [9.17, 15) is 5.11 Å². The summed E-state index contributed by atoms with van der Waals surface area (Å²) in [6, 6.07) is 8.51. The van der Waals surface area contributed by atoms with Gasteiger partial charge < -0.3 is 10.8 Å². The summed E-state index contributed by atoms with van der Waals surface area (Å²) in [5.41, 5.74) is 7.04. The van der Waals surface area contributed by atoms with Crippen LogP contribution in [0.1, 0.15) is 18.9 Å². The molecule has 0 aliphatic heterocycles. The molecule has 1 aliphatic rings. The van der Waals surface area contributed by atoms with Crippen molar-refractivity contribution in [3.05, 3.63) is 33.4 Å². The van der Waals surface area contributed by atoms with Crippen LogP contribution in [0.25, 0.3) is 0 Å². The van der Waals surface area contributed by atoms with Crippen LogP contribution in [0, 0.1) is 8.99 Å². The molecule has 82 valence electrons. The Morgan fingerprint density at radius 2 is 2.00 bits per heavy atom. The van der Waals surface area contributed by atoms with E-state index >= 15 is 0 Å². The minimum atomic E-state index is -0.0835. The molecule has 15 heavy (non-hydrogen) atoms. The number of benzene rings is 1. The largest absolute Gasteiger partial charge is 0.396 e. The second-order valence-electron chi connectivity index (χ2n) is 4.66. The number of hydrogen-bond donors (Lipinski definition) is 2. The first-order chi connectivity index (χ1) is 7.08. The molecule has 2 atom stereocenters. The van der Waals surface area contributed by atoms with Crippen LogP contribution in [0.5, 0.6) is 0 Å². The molecular weight excluding hydrogens is 301 g/mol. The topological polar surface area (TPSA) is 46.2 Å². The minimum Gasteiger partial charge on any atom is -0.396 e. The molecule has 0 saturated heterocycles. The monoisotopic (exact) mass is 317 g/mol. The van der Waals surface area contributed by atoms with E-state index in [-0.39, 0.29) is 17.4 Å². The second-order valence-corrected chi connectivity index (χ2v) is 5.90. The summed E-state index contributed by atoms with van der Waals surface area (Å²) in [4.78, 5) is 0. The zero-order valence-electron chi connectivity index (χ0n) is 8.83. The van der Waals surface area contributed by atoms with Gasteiger partial charge in [0, 0.05) is 20.9 Å². The van der Waals surface area contributed by atoms with Crippen LogP contribution < -0.4 is 5.73 Å². The molecule has 3 heteroatoms. The van der Waals surface area contributed by atoms with Crippen LogP contribution in [0.15, 0.2) is 24.3 Å². The fraction of sp³-hybridized carbons (Fsp3) is 0.500. The lowest BCUT2D eigenvalue weighted by atomic mass is 9.88. The van der Waals surface area contributed by atoms with Gasteiger partial charge >= 0.3 is 0 Å². The summed E-state index contributed by atoms with van der Waals surface area (Å²) in [5.74, 6) is 0. The molecule has 2 nitrogen and oxygen atoms in total. The highest BCUT2D eigenvalue weighted by Gasteiger charge is 2.63. The van der Waals surface area contributed by atoms with Gasteiger partial charge in [0.15, 0.2) is 0 Å². The first-order valence-electron chi connectivity index (χ1n) is 5.15. The molecule has 2 unspecified atom stereocenters. The second kappa shape index (κ2) is 3.71. The zero-order valence-corrected chi connectivity index (χ0v) is 11.0. The maximum Gasteiger partial charge on any atom is 0.0508 e. The minimum absolute atomic E-state index is 0.0703. The molecule has 1 aromatic rings. The van der Waals surface area contributed by atoms with Crippen LogP contribution in [0.4, 0.5) is 0 Å². The van der Waals surface area contributed by atoms with Crippen molar-refractivity contribution in [2.75, 3.05) is 13.2 Å². The third-order valence-corrected chi connectivity index (χ3v) is 4.63. The van der Waals surface area contributed by atoms with Crippen molar-refractivity contribution in [2.24, 2.45) is 11.1 Å². The average molecular weight is 317 g/mol. The lowest BCUT2D eigenvalue weighted by molar-refractivity contribution is 0.198. The smallest absolute Gasteiger partial charge is 0.0508 e. The van der Waals surface area contributed by atoms with E-state index in [1.165, 1.54) is 9.13 Å². The van der Waals surface area contributed by atoms with Gasteiger partial charge in [-0.3, -0.25) is 0 Å².